The zero-order valence-corrected chi connectivity index (χ0v) is 8.56. The monoisotopic (exact) mass is 218 g/mol. The Labute approximate surface area is 92.9 Å². The van der Waals surface area contributed by atoms with E-state index >= 15 is 0 Å². The molecular formula is C13H11FO2. The second-order valence-corrected chi connectivity index (χ2v) is 3.37. The molecule has 0 saturated carbocycles. The summed E-state index contributed by atoms with van der Waals surface area (Å²) in [5.41, 5.74) is 0.492. The van der Waals surface area contributed by atoms with E-state index in [2.05, 4.69) is 0 Å². The van der Waals surface area contributed by atoms with Gasteiger partial charge in [-0.15, -0.1) is 0 Å². The average molecular weight is 218 g/mol. The van der Waals surface area contributed by atoms with Gasteiger partial charge in [0, 0.05) is 6.07 Å². The summed E-state index contributed by atoms with van der Waals surface area (Å²) < 4.78 is 18.6. The lowest BCUT2D eigenvalue weighted by Gasteiger charge is -2.06. The second-order valence-electron chi connectivity index (χ2n) is 3.37. The van der Waals surface area contributed by atoms with E-state index in [1.807, 2.05) is 18.2 Å². The van der Waals surface area contributed by atoms with Gasteiger partial charge in [-0.05, 0) is 29.8 Å². The lowest BCUT2D eigenvalue weighted by atomic mass is 10.2. The number of para-hydroxylation sites is 1. The molecule has 0 atom stereocenters. The topological polar surface area (TPSA) is 29.5 Å². The molecule has 3 heteroatoms. The molecule has 2 aromatic carbocycles. The molecule has 2 aromatic rings. The van der Waals surface area contributed by atoms with E-state index in [9.17, 15) is 4.39 Å². The minimum atomic E-state index is -0.419. The van der Waals surface area contributed by atoms with E-state index in [-0.39, 0.29) is 6.61 Å². The van der Waals surface area contributed by atoms with Gasteiger partial charge in [-0.2, -0.15) is 0 Å². The van der Waals surface area contributed by atoms with Crippen LogP contribution >= 0.6 is 0 Å². The van der Waals surface area contributed by atoms with E-state index in [0.29, 0.717) is 17.1 Å². The fourth-order valence-corrected chi connectivity index (χ4v) is 1.40. The van der Waals surface area contributed by atoms with Crippen LogP contribution in [0.4, 0.5) is 4.39 Å². The molecule has 0 spiro atoms. The number of rotatable bonds is 3. The molecule has 16 heavy (non-hydrogen) atoms. The highest BCUT2D eigenvalue weighted by Crippen LogP contribution is 2.23. The van der Waals surface area contributed by atoms with Gasteiger partial charge in [0.05, 0.1) is 6.61 Å². The molecule has 1 N–H and O–H groups in total. The van der Waals surface area contributed by atoms with Gasteiger partial charge in [0.25, 0.3) is 0 Å². The van der Waals surface area contributed by atoms with Crippen LogP contribution in [0, 0.1) is 5.82 Å². The Bertz CT molecular complexity index is 469. The van der Waals surface area contributed by atoms with Crippen LogP contribution in [-0.4, -0.2) is 5.11 Å². The van der Waals surface area contributed by atoms with Crippen molar-refractivity contribution in [3.05, 3.63) is 59.9 Å². The van der Waals surface area contributed by atoms with Gasteiger partial charge in [-0.25, -0.2) is 4.39 Å². The summed E-state index contributed by atoms with van der Waals surface area (Å²) in [5, 5.41) is 8.93. The largest absolute Gasteiger partial charge is 0.457 e. The molecule has 0 aliphatic rings. The van der Waals surface area contributed by atoms with Gasteiger partial charge in [0.1, 0.15) is 17.3 Å². The number of hydrogen-bond acceptors (Lipinski definition) is 2. The van der Waals surface area contributed by atoms with Crippen LogP contribution in [-0.2, 0) is 6.61 Å². The summed E-state index contributed by atoms with van der Waals surface area (Å²) in [6.45, 7) is -0.205. The van der Waals surface area contributed by atoms with Crippen molar-refractivity contribution in [2.24, 2.45) is 0 Å². The van der Waals surface area contributed by atoms with Gasteiger partial charge < -0.3 is 9.84 Å². The molecule has 82 valence electrons. The summed E-state index contributed by atoms with van der Waals surface area (Å²) >= 11 is 0. The van der Waals surface area contributed by atoms with Gasteiger partial charge in [-0.1, -0.05) is 18.2 Å². The fraction of sp³-hybridized carbons (Fsp3) is 0.0769. The van der Waals surface area contributed by atoms with Crippen LogP contribution in [0.2, 0.25) is 0 Å². The maximum atomic E-state index is 13.1. The summed E-state index contributed by atoms with van der Waals surface area (Å²) in [5.74, 6) is 0.602. The van der Waals surface area contributed by atoms with E-state index in [1.165, 1.54) is 12.1 Å². The number of benzene rings is 2. The van der Waals surface area contributed by atoms with Gasteiger partial charge in [-0.3, -0.25) is 0 Å². The van der Waals surface area contributed by atoms with Gasteiger partial charge >= 0.3 is 0 Å². The van der Waals surface area contributed by atoms with Crippen LogP contribution in [0.5, 0.6) is 11.5 Å². The normalized spacial score (nSPS) is 10.1. The first kappa shape index (κ1) is 10.6. The van der Waals surface area contributed by atoms with Crippen LogP contribution in [0.25, 0.3) is 0 Å². The Balaban J connectivity index is 2.24. The Morgan fingerprint density at radius 2 is 1.75 bits per heavy atom. The van der Waals surface area contributed by atoms with Crippen molar-refractivity contribution in [1.82, 2.24) is 0 Å². The van der Waals surface area contributed by atoms with Crippen molar-refractivity contribution >= 4 is 0 Å². The van der Waals surface area contributed by atoms with E-state index < -0.39 is 5.82 Å². The third kappa shape index (κ3) is 2.58. The molecule has 0 heterocycles. The predicted molar refractivity (Wildman–Crippen MR) is 58.8 cm³/mol. The number of halogens is 1. The molecule has 0 aromatic heterocycles. The zero-order chi connectivity index (χ0) is 11.4. The first-order valence-corrected chi connectivity index (χ1v) is 4.91. The molecule has 0 bridgehead atoms. The molecular weight excluding hydrogens is 207 g/mol. The Kier molecular flexibility index (Phi) is 3.17. The molecule has 2 rings (SSSR count). The van der Waals surface area contributed by atoms with Crippen molar-refractivity contribution in [3.63, 3.8) is 0 Å². The second kappa shape index (κ2) is 4.77. The third-order valence-corrected chi connectivity index (χ3v) is 2.09. The summed E-state index contributed by atoms with van der Waals surface area (Å²) in [6.07, 6.45) is 0. The lowest BCUT2D eigenvalue weighted by Crippen LogP contribution is -1.89. The minimum absolute atomic E-state index is 0.205. The van der Waals surface area contributed by atoms with E-state index in [4.69, 9.17) is 9.84 Å². The highest BCUT2D eigenvalue weighted by molar-refractivity contribution is 5.34. The quantitative estimate of drug-likeness (QED) is 0.857. The van der Waals surface area contributed by atoms with Crippen LogP contribution in [0.1, 0.15) is 5.56 Å². The highest BCUT2D eigenvalue weighted by Gasteiger charge is 2.02. The summed E-state index contributed by atoms with van der Waals surface area (Å²) in [7, 11) is 0. The van der Waals surface area contributed by atoms with Crippen molar-refractivity contribution in [1.29, 1.82) is 0 Å². The van der Waals surface area contributed by atoms with Crippen LogP contribution in [0.15, 0.2) is 48.5 Å². The maximum absolute atomic E-state index is 13.1. The zero-order valence-electron chi connectivity index (χ0n) is 8.56. The standard InChI is InChI=1S/C13H11FO2/c14-11-6-10(9-15)7-13(8-11)16-12-4-2-1-3-5-12/h1-8,15H,9H2. The van der Waals surface area contributed by atoms with E-state index in [0.717, 1.165) is 0 Å². The maximum Gasteiger partial charge on any atom is 0.130 e. The molecule has 0 aliphatic carbocycles. The SMILES string of the molecule is OCc1cc(F)cc(Oc2ccccc2)c1. The van der Waals surface area contributed by atoms with Gasteiger partial charge in [0.2, 0.25) is 0 Å². The summed E-state index contributed by atoms with van der Waals surface area (Å²) in [4.78, 5) is 0. The molecule has 0 unspecified atom stereocenters. The van der Waals surface area contributed by atoms with Crippen LogP contribution < -0.4 is 4.74 Å². The average Bonchev–Trinajstić information content (AvgIpc) is 2.29. The first-order valence-electron chi connectivity index (χ1n) is 4.91. The number of hydrogen-bond donors (Lipinski definition) is 1. The number of ether oxygens (including phenoxy) is 1. The summed E-state index contributed by atoms with van der Waals surface area (Å²) in [6, 6.07) is 13.3. The fourth-order valence-electron chi connectivity index (χ4n) is 1.40. The molecule has 0 radical (unpaired) electrons. The highest BCUT2D eigenvalue weighted by atomic mass is 19.1. The first-order chi connectivity index (χ1) is 7.78. The number of aliphatic hydroxyl groups is 1. The Hall–Kier alpha value is -1.87. The van der Waals surface area contributed by atoms with E-state index in [1.54, 1.807) is 18.2 Å². The van der Waals surface area contributed by atoms with Crippen molar-refractivity contribution < 1.29 is 14.2 Å². The van der Waals surface area contributed by atoms with Crippen molar-refractivity contribution in [2.75, 3.05) is 0 Å². The van der Waals surface area contributed by atoms with Crippen LogP contribution in [0.3, 0.4) is 0 Å². The van der Waals surface area contributed by atoms with Crippen molar-refractivity contribution in [3.8, 4) is 11.5 Å². The smallest absolute Gasteiger partial charge is 0.130 e. The molecule has 0 saturated heterocycles. The molecule has 0 amide bonds. The van der Waals surface area contributed by atoms with Crippen molar-refractivity contribution in [2.45, 2.75) is 6.61 Å². The predicted octanol–water partition coefficient (Wildman–Crippen LogP) is 3.11. The third-order valence-electron chi connectivity index (χ3n) is 2.09. The molecule has 0 fully saturated rings. The minimum Gasteiger partial charge on any atom is -0.457 e. The van der Waals surface area contributed by atoms with Gasteiger partial charge in [0.15, 0.2) is 0 Å². The Morgan fingerprint density at radius 1 is 1.00 bits per heavy atom. The lowest BCUT2D eigenvalue weighted by molar-refractivity contribution is 0.280. The number of aliphatic hydroxyl groups excluding tert-OH is 1. The Morgan fingerprint density at radius 3 is 2.44 bits per heavy atom. The molecule has 0 aliphatic heterocycles. The molecule has 2 nitrogen and oxygen atoms in total.